The molecule has 0 amide bonds. The minimum atomic E-state index is -0.710. The molecule has 0 N–H and O–H groups in total. The van der Waals surface area contributed by atoms with Crippen molar-refractivity contribution in [2.45, 2.75) is 135 Å². The summed E-state index contributed by atoms with van der Waals surface area (Å²) >= 11 is -3.37. The molecule has 0 unspecified atom stereocenters. The molecule has 0 aliphatic heterocycles. The molecule has 0 aliphatic carbocycles. The normalized spacial score (nSPS) is 10.9. The van der Waals surface area contributed by atoms with Crippen molar-refractivity contribution in [3.05, 3.63) is 370 Å². The summed E-state index contributed by atoms with van der Waals surface area (Å²) in [6.45, 7) is 43.1. The maximum atomic E-state index is 7.26. The zero-order valence-corrected chi connectivity index (χ0v) is 80.8. The molecular weight excluding hydrogens is 1650 g/mol. The molecule has 17 aromatic rings. The first kappa shape index (κ1) is 92.8. The van der Waals surface area contributed by atoms with Crippen LogP contribution in [0, 0.1) is 75.8 Å². The summed E-state index contributed by atoms with van der Waals surface area (Å²) < 4.78 is 59.1. The molecule has 17 rings (SSSR count). The monoisotopic (exact) mass is 1750 g/mol. The smallest absolute Gasteiger partial charge is 0.616 e. The van der Waals surface area contributed by atoms with E-state index in [4.69, 9.17) is 44.5 Å². The van der Waals surface area contributed by atoms with Gasteiger partial charge in [0.2, 0.25) is 0 Å². The topological polar surface area (TPSA) is 161 Å². The Labute approximate surface area is 779 Å². The quantitative estimate of drug-likeness (QED) is 0.0465. The van der Waals surface area contributed by atoms with Crippen LogP contribution in [0.2, 0.25) is 0 Å². The van der Waals surface area contributed by atoms with Crippen LogP contribution in [0.3, 0.4) is 0 Å². The van der Waals surface area contributed by atoms with Crippen molar-refractivity contribution in [1.82, 2.24) is 24.9 Å². The number of aromatic nitrogens is 5. The SMILES string of the molecule is CCc1cc(C)nc2c([O][Al][O]c3ccc(C)cc3)cccc12.Cc1cc(C)c2cccc([O][Al][O]c3cc(C(C)(C)C)cc(C(C)(C)C)c3)c2n1.Cc1cc(C)c2cccc([O][Al][O]c3ccc(-c4ccccc4)cc3)c2n1.Cc1cc([O][Al][O]c2ccc3ccccc3c2)c2nc(C)ccc2c1.[C-]#[N+]c1ccc([O][Al][O]c2ccccc2C)c2nc(C)ccc12. The number of hydrogen-bond acceptors (Lipinski definition) is 15. The Morgan fingerprint density at radius 2 is 0.701 bits per heavy atom. The second-order valence-electron chi connectivity index (χ2n) is 33.1. The first-order valence-corrected chi connectivity index (χ1v) is 46.9. The molecule has 21 heteroatoms. The van der Waals surface area contributed by atoms with Gasteiger partial charge in [-0.1, -0.05) is 218 Å². The molecule has 0 fully saturated rings. The lowest BCUT2D eigenvalue weighted by Gasteiger charge is -2.26. The third-order valence-electron chi connectivity index (χ3n) is 21.0. The van der Waals surface area contributed by atoms with E-state index in [1.54, 1.807) is 12.1 Å². The first-order valence-electron chi connectivity index (χ1n) is 42.2. The molecule has 5 aromatic heterocycles. The van der Waals surface area contributed by atoms with Crippen molar-refractivity contribution in [3.63, 3.8) is 0 Å². The predicted molar refractivity (Wildman–Crippen MR) is 519 cm³/mol. The van der Waals surface area contributed by atoms with E-state index in [0.29, 0.717) is 17.0 Å². The first-order chi connectivity index (χ1) is 61.2. The van der Waals surface area contributed by atoms with E-state index < -0.39 is 79.4 Å². The van der Waals surface area contributed by atoms with Crippen molar-refractivity contribution in [2.24, 2.45) is 0 Å². The Kier molecular flexibility index (Phi) is 31.8. The fourth-order valence-corrected chi connectivity index (χ4v) is 17.3. The number of pyridine rings is 5. The highest BCUT2D eigenvalue weighted by Gasteiger charge is 2.24. The van der Waals surface area contributed by atoms with E-state index in [0.717, 1.165) is 152 Å². The van der Waals surface area contributed by atoms with Gasteiger partial charge in [0, 0.05) is 55.4 Å². The summed E-state index contributed by atoms with van der Waals surface area (Å²) in [4.78, 5) is 26.7. The van der Waals surface area contributed by atoms with E-state index >= 15 is 0 Å². The van der Waals surface area contributed by atoms with Crippen molar-refractivity contribution in [1.29, 1.82) is 0 Å². The van der Waals surface area contributed by atoms with E-state index in [9.17, 15) is 0 Å². The van der Waals surface area contributed by atoms with Crippen LogP contribution in [0.25, 0.3) is 81.3 Å². The van der Waals surface area contributed by atoms with Gasteiger partial charge >= 0.3 is 79.4 Å². The maximum Gasteiger partial charge on any atom is 0.881 e. The van der Waals surface area contributed by atoms with Crippen molar-refractivity contribution in [3.8, 4) is 68.6 Å². The van der Waals surface area contributed by atoms with E-state index in [1.165, 1.54) is 49.9 Å². The summed E-state index contributed by atoms with van der Waals surface area (Å²) in [5, 5.41) is 7.66. The molecule has 0 saturated carbocycles. The molecule has 127 heavy (non-hydrogen) atoms. The molecular formula is C106H100Al5N6O10. The van der Waals surface area contributed by atoms with E-state index in [-0.39, 0.29) is 10.8 Å². The second kappa shape index (κ2) is 43.5. The van der Waals surface area contributed by atoms with E-state index in [1.807, 2.05) is 205 Å². The van der Waals surface area contributed by atoms with Crippen LogP contribution in [-0.4, -0.2) is 104 Å². The average Bonchev–Trinajstić information content (AvgIpc) is 0.821. The predicted octanol–water partition coefficient (Wildman–Crippen LogP) is 25.7. The molecule has 5 radical (unpaired) electrons. The highest BCUT2D eigenvalue weighted by Crippen LogP contribution is 2.38. The molecule has 16 nitrogen and oxygen atoms in total. The minimum Gasteiger partial charge on any atom is -0.616 e. The van der Waals surface area contributed by atoms with Crippen molar-refractivity contribution in [2.75, 3.05) is 0 Å². The maximum absolute atomic E-state index is 7.26. The lowest BCUT2D eigenvalue weighted by Crippen LogP contribution is -2.18. The zero-order valence-electron chi connectivity index (χ0n) is 75.0. The molecule has 12 aromatic carbocycles. The highest BCUT2D eigenvalue weighted by molar-refractivity contribution is 6.23. The fourth-order valence-electron chi connectivity index (χ4n) is 14.2. The van der Waals surface area contributed by atoms with Gasteiger partial charge in [0.1, 0.15) is 50.8 Å². The largest absolute Gasteiger partial charge is 0.881 e. The number of fused-ring (bicyclic) bond motifs is 6. The van der Waals surface area contributed by atoms with Crippen LogP contribution >= 0.6 is 0 Å². The number of benzene rings is 12. The standard InChI is InChI=1S/C14H22O.C12H13NO.C12H10O.C11H8N2O.3C11H11NO.C10H8O.2C7H8O.5Al/c1-13(2,3)10-7-11(14(4,5)6)9-12(15)8-10;1-3-9-7-8(2)13-12-10(9)5-4-6-11(12)14;13-12-8-6-11(7-9-12)10-4-2-1-3-5-10;1-7-3-4-8-9(12-2)5-6-10(14)11(8)13-7;1-7-5-9-4-3-8(2)12-11(9)10(13)6-7;2*1-7-6-8(2)12-11-9(7)4-3-5-10(11)13;11-10-6-5-8-3-1-2-4-9(8)7-10;1-6-2-4-7(8)5-3-6;1-6-4-2-3-5-7(6)8;;;;;/h7-9,15H,1-6H3;4-7,14H,3H2,1-2H3;1-9,13H;3-6,14H,1H3;3*3-6,13H,1-2H3;1-7,11H;2*2-5,8H,1H3;;;;;/q;;;;;;;;;;5*+2/p-10. The Bertz CT molecular complexity index is 6720. The van der Waals surface area contributed by atoms with Crippen LogP contribution in [0.5, 0.6) is 57.5 Å². The number of para-hydroxylation sites is 4. The zero-order chi connectivity index (χ0) is 89.7. The Balaban J connectivity index is 0.000000136. The van der Waals surface area contributed by atoms with Gasteiger partial charge in [-0.05, 0) is 269 Å². The lowest BCUT2D eigenvalue weighted by molar-refractivity contribution is 0.457. The lowest BCUT2D eigenvalue weighted by atomic mass is 9.80. The van der Waals surface area contributed by atoms with Crippen LogP contribution in [0.15, 0.2) is 285 Å². The van der Waals surface area contributed by atoms with Gasteiger partial charge in [-0.15, -0.1) is 0 Å². The third kappa shape index (κ3) is 25.3. The van der Waals surface area contributed by atoms with Gasteiger partial charge in [0.25, 0.3) is 0 Å². The van der Waals surface area contributed by atoms with Crippen LogP contribution < -0.4 is 37.9 Å². The Hall–Kier alpha value is -11.9. The molecule has 0 saturated heterocycles. The molecule has 0 bridgehead atoms. The van der Waals surface area contributed by atoms with Crippen molar-refractivity contribution < 1.29 is 37.9 Å². The van der Waals surface area contributed by atoms with Gasteiger partial charge in [-0.25, -0.2) is 24.8 Å². The van der Waals surface area contributed by atoms with Crippen LogP contribution in [0.1, 0.15) is 121 Å². The van der Waals surface area contributed by atoms with Gasteiger partial charge in [0.15, 0.2) is 5.69 Å². The van der Waals surface area contributed by atoms with Gasteiger partial charge in [-0.3, -0.25) is 4.98 Å². The van der Waals surface area contributed by atoms with Crippen LogP contribution in [-0.2, 0) is 17.3 Å². The summed E-state index contributed by atoms with van der Waals surface area (Å²) in [7, 11) is 0. The van der Waals surface area contributed by atoms with Gasteiger partial charge in [0.05, 0.1) is 40.8 Å². The second-order valence-corrected chi connectivity index (χ2v) is 36.4. The highest BCUT2D eigenvalue weighted by atomic mass is 27.2. The Morgan fingerprint density at radius 1 is 0.276 bits per heavy atom. The summed E-state index contributed by atoms with van der Waals surface area (Å²) in [5.74, 6) is 7.97. The molecule has 0 atom stereocenters. The van der Waals surface area contributed by atoms with Gasteiger partial charge in [-0.2, -0.15) is 0 Å². The number of aryl methyl sites for hydroxylation is 11. The summed E-state index contributed by atoms with van der Waals surface area (Å²) in [6, 6.07) is 95.2. The number of hydrogen-bond donors (Lipinski definition) is 0. The molecule has 629 valence electrons. The molecule has 0 spiro atoms. The third-order valence-corrected chi connectivity index (χ3v) is 24.6. The van der Waals surface area contributed by atoms with Crippen LogP contribution in [0.4, 0.5) is 5.69 Å². The molecule has 0 aliphatic rings. The minimum absolute atomic E-state index is 0.0597. The fraction of sp³-hybridized carbons (Fsp3) is 0.189. The van der Waals surface area contributed by atoms with Crippen molar-refractivity contribution >= 4 is 150 Å². The average molecular weight is 1750 g/mol. The molecule has 5 heterocycles. The number of nitrogens with zero attached hydrogens (tertiary/aromatic N) is 6. The summed E-state index contributed by atoms with van der Waals surface area (Å²) in [6.07, 6.45) is 0.982. The Morgan fingerprint density at radius 3 is 1.27 bits per heavy atom. The summed E-state index contributed by atoms with van der Waals surface area (Å²) in [5.41, 5.74) is 21.9. The number of rotatable bonds is 22. The van der Waals surface area contributed by atoms with E-state index in [2.05, 4.69) is 215 Å². The van der Waals surface area contributed by atoms with Gasteiger partial charge < -0.3 is 37.9 Å².